The molecule has 12 nitrogen and oxygen atoms in total. The molecule has 0 fully saturated rings. The molecule has 0 radical (unpaired) electrons. The van der Waals surface area contributed by atoms with Crippen molar-refractivity contribution in [1.82, 2.24) is 25.0 Å². The standard InChI is InChI=1S/C32H43N9O3/c1-20(2)30(35)41-19-22(10-13-28(41)34)44-26-12-11-25(23-8-6-7-9-24(23)26)38-31(43)39-29(16-27(33)32(3,4)5)37-21-17-36-40(18-21)14-15-42/h6-10,13,16-20,25-26,33-35,37,42H,11-12,14-15H2,1-5H3,(H2,38,39,43)/b29-16+,33-27?,34-28?,35-30?. The maximum atomic E-state index is 13.3. The van der Waals surface area contributed by atoms with Crippen LogP contribution < -0.4 is 26.2 Å². The molecule has 2 aromatic heterocycles. The Kier molecular flexibility index (Phi) is 10.0. The Morgan fingerprint density at radius 1 is 1.14 bits per heavy atom. The molecule has 1 aliphatic carbocycles. The van der Waals surface area contributed by atoms with Gasteiger partial charge in [-0.05, 0) is 36.1 Å². The van der Waals surface area contributed by atoms with Gasteiger partial charge in [0, 0.05) is 29.3 Å². The van der Waals surface area contributed by atoms with E-state index in [1.165, 1.54) is 4.57 Å². The van der Waals surface area contributed by atoms with Crippen LogP contribution in [-0.2, 0) is 6.54 Å². The van der Waals surface area contributed by atoms with Gasteiger partial charge in [-0.3, -0.25) is 25.4 Å². The molecule has 0 aliphatic heterocycles. The van der Waals surface area contributed by atoms with Gasteiger partial charge in [-0.25, -0.2) is 4.79 Å². The quantitative estimate of drug-likeness (QED) is 0.129. The molecule has 234 valence electrons. The molecule has 0 saturated carbocycles. The molecular weight excluding hydrogens is 558 g/mol. The van der Waals surface area contributed by atoms with E-state index in [2.05, 4.69) is 21.0 Å². The highest BCUT2D eigenvalue weighted by Gasteiger charge is 2.30. The summed E-state index contributed by atoms with van der Waals surface area (Å²) >= 11 is 0. The molecule has 12 heteroatoms. The van der Waals surface area contributed by atoms with Crippen LogP contribution in [0, 0.1) is 27.6 Å². The molecule has 7 N–H and O–H groups in total. The van der Waals surface area contributed by atoms with Gasteiger partial charge >= 0.3 is 6.03 Å². The van der Waals surface area contributed by atoms with Crippen LogP contribution in [0.25, 0.3) is 0 Å². The van der Waals surface area contributed by atoms with Crippen LogP contribution in [0.15, 0.2) is 66.9 Å². The number of urea groups is 1. The van der Waals surface area contributed by atoms with Crippen molar-refractivity contribution in [3.8, 4) is 5.75 Å². The van der Waals surface area contributed by atoms with Gasteiger partial charge in [-0.2, -0.15) is 5.10 Å². The summed E-state index contributed by atoms with van der Waals surface area (Å²) in [6.07, 6.45) is 7.60. The summed E-state index contributed by atoms with van der Waals surface area (Å²) in [7, 11) is 0. The predicted octanol–water partition coefficient (Wildman–Crippen LogP) is 4.91. The second-order valence-corrected chi connectivity index (χ2v) is 12.2. The maximum Gasteiger partial charge on any atom is 0.320 e. The van der Waals surface area contributed by atoms with Crippen LogP contribution in [0.1, 0.15) is 70.7 Å². The minimum atomic E-state index is -0.432. The molecule has 1 aliphatic rings. The van der Waals surface area contributed by atoms with E-state index in [1.54, 1.807) is 41.5 Å². The first-order valence-corrected chi connectivity index (χ1v) is 14.8. The van der Waals surface area contributed by atoms with Gasteiger partial charge in [-0.15, -0.1) is 0 Å². The van der Waals surface area contributed by atoms with Gasteiger partial charge in [0.2, 0.25) is 0 Å². The lowest BCUT2D eigenvalue weighted by Gasteiger charge is -2.32. The Balaban J connectivity index is 1.50. The van der Waals surface area contributed by atoms with E-state index in [1.807, 2.05) is 58.9 Å². The van der Waals surface area contributed by atoms with Gasteiger partial charge in [0.15, 0.2) is 0 Å². The molecule has 2 heterocycles. The second-order valence-electron chi connectivity index (χ2n) is 12.2. The van der Waals surface area contributed by atoms with Crippen molar-refractivity contribution in [2.45, 2.75) is 66.2 Å². The molecule has 3 aromatic rings. The summed E-state index contributed by atoms with van der Waals surface area (Å²) in [6.45, 7) is 9.91. The number of amides is 2. The largest absolute Gasteiger partial charge is 0.484 e. The predicted molar refractivity (Wildman–Crippen MR) is 170 cm³/mol. The number of aliphatic hydroxyl groups excluding tert-OH is 1. The van der Waals surface area contributed by atoms with Gasteiger partial charge in [0.25, 0.3) is 0 Å². The molecule has 4 rings (SSSR count). The number of nitrogens with zero attached hydrogens (tertiary/aromatic N) is 3. The summed E-state index contributed by atoms with van der Waals surface area (Å²) < 4.78 is 9.50. The van der Waals surface area contributed by atoms with Crippen LogP contribution in [0.4, 0.5) is 10.5 Å². The van der Waals surface area contributed by atoms with Crippen LogP contribution in [0.5, 0.6) is 5.75 Å². The fourth-order valence-electron chi connectivity index (χ4n) is 4.80. The van der Waals surface area contributed by atoms with Gasteiger partial charge in [0.05, 0.1) is 37.3 Å². The highest BCUT2D eigenvalue weighted by Crippen LogP contribution is 2.38. The number of benzene rings is 1. The SMILES string of the molecule is CC(C)C(=N)n1cc(OC2CCC(NC(=O)N/C(=C/C(=N)C(C)(C)C)Nc3cnn(CCO)c3)c3ccccc32)ccc1=N. The Hall–Kier alpha value is -4.71. The summed E-state index contributed by atoms with van der Waals surface area (Å²) in [5.41, 5.74) is 2.63. The van der Waals surface area contributed by atoms with Crippen LogP contribution in [0.2, 0.25) is 0 Å². The summed E-state index contributed by atoms with van der Waals surface area (Å²) in [5.74, 6) is 1.18. The highest BCUT2D eigenvalue weighted by molar-refractivity contribution is 5.97. The zero-order valence-electron chi connectivity index (χ0n) is 25.9. The van der Waals surface area contributed by atoms with Crippen molar-refractivity contribution >= 4 is 23.3 Å². The Bertz CT molecular complexity index is 1600. The van der Waals surface area contributed by atoms with Gasteiger partial charge in [0.1, 0.15) is 29.0 Å². The molecule has 44 heavy (non-hydrogen) atoms. The first-order chi connectivity index (χ1) is 20.8. The number of hydrogen-bond donors (Lipinski definition) is 7. The number of pyridine rings is 1. The molecule has 2 unspecified atom stereocenters. The molecule has 1 aromatic carbocycles. The zero-order valence-corrected chi connectivity index (χ0v) is 25.9. The number of nitrogens with one attached hydrogen (secondary N) is 6. The summed E-state index contributed by atoms with van der Waals surface area (Å²) in [6, 6.07) is 10.5. The number of carbonyl (C=O) groups excluding carboxylic acids is 1. The van der Waals surface area contributed by atoms with Crippen molar-refractivity contribution in [3.05, 3.63) is 83.5 Å². The van der Waals surface area contributed by atoms with E-state index >= 15 is 0 Å². The lowest BCUT2D eigenvalue weighted by atomic mass is 9.85. The first-order valence-electron chi connectivity index (χ1n) is 14.8. The summed E-state index contributed by atoms with van der Waals surface area (Å²) in [4.78, 5) is 13.3. The van der Waals surface area contributed by atoms with Crippen LogP contribution >= 0.6 is 0 Å². The molecule has 2 amide bonds. The fourth-order valence-corrected chi connectivity index (χ4v) is 4.80. The lowest BCUT2D eigenvalue weighted by molar-refractivity contribution is 0.171. The monoisotopic (exact) mass is 601 g/mol. The van der Waals surface area contributed by atoms with Crippen LogP contribution in [-0.4, -0.2) is 43.6 Å². The summed E-state index contributed by atoms with van der Waals surface area (Å²) in [5, 5.41) is 47.6. The van der Waals surface area contributed by atoms with E-state index < -0.39 is 11.4 Å². The molecule has 0 saturated heterocycles. The number of fused-ring (bicyclic) bond motifs is 1. The number of anilines is 1. The average Bonchev–Trinajstić information content (AvgIpc) is 3.41. The van der Waals surface area contributed by atoms with Crippen molar-refractivity contribution < 1.29 is 14.6 Å². The number of carbonyl (C=O) groups is 1. The van der Waals surface area contributed by atoms with Crippen LogP contribution in [0.3, 0.4) is 0 Å². The van der Waals surface area contributed by atoms with E-state index in [0.717, 1.165) is 11.1 Å². The molecule has 2 atom stereocenters. The van der Waals surface area contributed by atoms with E-state index in [0.29, 0.717) is 48.2 Å². The number of ether oxygens (including phenoxy) is 1. The molecule has 0 spiro atoms. The third-order valence-corrected chi connectivity index (χ3v) is 7.33. The van der Waals surface area contributed by atoms with Crippen molar-refractivity contribution in [2.75, 3.05) is 11.9 Å². The Morgan fingerprint density at radius 2 is 1.86 bits per heavy atom. The molecule has 0 bridgehead atoms. The Morgan fingerprint density at radius 3 is 2.55 bits per heavy atom. The maximum absolute atomic E-state index is 13.3. The lowest BCUT2D eigenvalue weighted by Crippen LogP contribution is -2.41. The Labute approximate surface area is 257 Å². The average molecular weight is 602 g/mol. The van der Waals surface area contributed by atoms with Crippen molar-refractivity contribution in [3.63, 3.8) is 0 Å². The van der Waals surface area contributed by atoms with Crippen molar-refractivity contribution in [1.29, 1.82) is 16.2 Å². The minimum Gasteiger partial charge on any atom is -0.484 e. The third-order valence-electron chi connectivity index (χ3n) is 7.33. The minimum absolute atomic E-state index is 0.0404. The topological polar surface area (TPSA) is 177 Å². The number of aromatic nitrogens is 3. The number of rotatable bonds is 10. The zero-order chi connectivity index (χ0) is 32.0. The van der Waals surface area contributed by atoms with E-state index in [4.69, 9.17) is 21.0 Å². The van der Waals surface area contributed by atoms with E-state index in [-0.39, 0.29) is 30.2 Å². The molecular formula is C32H43N9O3. The number of hydrogen-bond acceptors (Lipinski definition) is 8. The fraction of sp³-hybridized carbons (Fsp3) is 0.406. The van der Waals surface area contributed by atoms with Crippen molar-refractivity contribution in [2.24, 2.45) is 11.3 Å². The number of aliphatic hydroxyl groups is 1. The third kappa shape index (κ3) is 8.01. The second kappa shape index (κ2) is 13.7. The van der Waals surface area contributed by atoms with Gasteiger partial charge in [-0.1, -0.05) is 58.9 Å². The first kappa shape index (κ1) is 32.2. The number of allylic oxidation sites excluding steroid dienone is 1. The smallest absolute Gasteiger partial charge is 0.320 e. The van der Waals surface area contributed by atoms with E-state index in [9.17, 15) is 9.90 Å². The highest BCUT2D eigenvalue weighted by atomic mass is 16.5. The van der Waals surface area contributed by atoms with Gasteiger partial charge < -0.3 is 25.9 Å². The normalized spacial score (nSPS) is 16.7.